The van der Waals surface area contributed by atoms with Crippen LogP contribution in [-0.2, 0) is 0 Å². The van der Waals surface area contributed by atoms with Crippen LogP contribution >= 0.6 is 0 Å². The molecule has 0 saturated carbocycles. The highest BCUT2D eigenvalue weighted by molar-refractivity contribution is 6.13. The van der Waals surface area contributed by atoms with E-state index in [1.165, 1.54) is 0 Å². The number of rotatable bonds is 10. The van der Waals surface area contributed by atoms with Crippen LogP contribution in [0.2, 0.25) is 0 Å². The van der Waals surface area contributed by atoms with Crippen molar-refractivity contribution in [1.29, 1.82) is 0 Å². The summed E-state index contributed by atoms with van der Waals surface area (Å²) in [7, 11) is 0. The van der Waals surface area contributed by atoms with Crippen molar-refractivity contribution in [3.05, 3.63) is 206 Å². The zero-order valence-corrected chi connectivity index (χ0v) is 39.5. The Morgan fingerprint density at radius 1 is 0.392 bits per heavy atom. The van der Waals surface area contributed by atoms with E-state index >= 15 is 0 Å². The maximum atomic E-state index is 6.77. The van der Waals surface area contributed by atoms with Crippen LogP contribution in [0, 0.1) is 13.8 Å². The third kappa shape index (κ3) is 6.76. The number of hydrogen-bond acceptors (Lipinski definition) is 10. The standard InChI is InChI=1S/C62H38N4O8/c1-35-21-23-51(67-35)61-63-25-27-65(61)49-19-7-17-47-45-15-5-13-43(57(45)73-59(47)49)37-9-3-11-41(29-37)69-55-33-39-31-54-40(32-53(39)71-55)34-56(72-54)70-42-12-4-10-38(30-42)44-14-6-16-46-48-18-8-20-50(60(48)74-58(44)46)66-28-26-64-62(66)52-24-22-36(2)68-52/h3-34H,1-2H3. The van der Waals surface area contributed by atoms with E-state index < -0.39 is 0 Å². The van der Waals surface area contributed by atoms with Gasteiger partial charge in [-0.05, 0) is 97.8 Å². The number of para-hydroxylation sites is 4. The van der Waals surface area contributed by atoms with Gasteiger partial charge in [0.1, 0.15) is 45.4 Å². The molecule has 0 bridgehead atoms. The summed E-state index contributed by atoms with van der Waals surface area (Å²) in [6, 6.07) is 55.8. The Hall–Kier alpha value is -10.2. The molecule has 0 unspecified atom stereocenters. The molecule has 0 aliphatic carbocycles. The van der Waals surface area contributed by atoms with Gasteiger partial charge in [0, 0.05) is 80.4 Å². The van der Waals surface area contributed by atoms with Crippen LogP contribution in [-0.4, -0.2) is 19.1 Å². The van der Waals surface area contributed by atoms with Crippen LogP contribution in [0.15, 0.2) is 221 Å². The normalized spacial score (nSPS) is 11.9. The van der Waals surface area contributed by atoms with Crippen LogP contribution in [0.4, 0.5) is 0 Å². The summed E-state index contributed by atoms with van der Waals surface area (Å²) in [5.41, 5.74) is 9.75. The Kier molecular flexibility index (Phi) is 9.08. The zero-order chi connectivity index (χ0) is 49.0. The zero-order valence-electron chi connectivity index (χ0n) is 39.5. The van der Waals surface area contributed by atoms with Gasteiger partial charge in [-0.15, -0.1) is 0 Å². The molecule has 0 atom stereocenters. The predicted molar refractivity (Wildman–Crippen MR) is 284 cm³/mol. The molecular formula is C62H38N4O8. The van der Waals surface area contributed by atoms with Gasteiger partial charge in [-0.3, -0.25) is 9.13 Å². The number of ether oxygens (including phenoxy) is 2. The van der Waals surface area contributed by atoms with Gasteiger partial charge in [0.05, 0.1) is 11.4 Å². The Labute approximate surface area is 419 Å². The van der Waals surface area contributed by atoms with E-state index in [-0.39, 0.29) is 0 Å². The molecule has 8 heterocycles. The molecule has 15 aromatic rings. The van der Waals surface area contributed by atoms with Gasteiger partial charge in [-0.1, -0.05) is 84.9 Å². The molecule has 0 spiro atoms. The van der Waals surface area contributed by atoms with Crippen molar-refractivity contribution in [3.8, 4) is 80.2 Å². The molecule has 0 radical (unpaired) electrons. The minimum Gasteiger partial charge on any atom is -0.458 e. The molecule has 0 saturated heterocycles. The van der Waals surface area contributed by atoms with Gasteiger partial charge in [-0.25, -0.2) is 9.97 Å². The van der Waals surface area contributed by atoms with E-state index in [9.17, 15) is 0 Å². The van der Waals surface area contributed by atoms with Gasteiger partial charge >= 0.3 is 0 Å². The maximum absolute atomic E-state index is 6.77. The molecule has 12 heteroatoms. The van der Waals surface area contributed by atoms with Crippen molar-refractivity contribution in [1.82, 2.24) is 19.1 Å². The molecule has 7 aromatic carbocycles. The van der Waals surface area contributed by atoms with Crippen molar-refractivity contribution in [2.45, 2.75) is 13.8 Å². The lowest BCUT2D eigenvalue weighted by atomic mass is 10.0. The smallest absolute Gasteiger partial charge is 0.291 e. The number of hydrogen-bond donors (Lipinski definition) is 0. The van der Waals surface area contributed by atoms with Gasteiger partial charge < -0.3 is 36.0 Å². The highest BCUT2D eigenvalue weighted by atomic mass is 16.6. The van der Waals surface area contributed by atoms with E-state index in [2.05, 4.69) is 46.4 Å². The van der Waals surface area contributed by atoms with Crippen molar-refractivity contribution in [2.24, 2.45) is 0 Å². The minimum atomic E-state index is 0.346. The largest absolute Gasteiger partial charge is 0.458 e. The molecule has 8 aromatic heterocycles. The van der Waals surface area contributed by atoms with Crippen LogP contribution in [0.5, 0.6) is 23.4 Å². The molecule has 0 N–H and O–H groups in total. The monoisotopic (exact) mass is 966 g/mol. The number of nitrogens with zero attached hydrogens (tertiary/aromatic N) is 4. The Morgan fingerprint density at radius 3 is 1.27 bits per heavy atom. The Balaban J connectivity index is 0.692. The van der Waals surface area contributed by atoms with Crippen LogP contribution < -0.4 is 9.47 Å². The summed E-state index contributed by atoms with van der Waals surface area (Å²) in [6.07, 6.45) is 7.37. The van der Waals surface area contributed by atoms with E-state index in [0.717, 1.165) is 99.8 Å². The molecule has 0 aliphatic rings. The first-order valence-corrected chi connectivity index (χ1v) is 24.1. The van der Waals surface area contributed by atoms with Gasteiger partial charge in [0.15, 0.2) is 34.3 Å². The molecule has 0 aliphatic heterocycles. The quantitative estimate of drug-likeness (QED) is 0.130. The van der Waals surface area contributed by atoms with E-state index in [4.69, 9.17) is 36.0 Å². The minimum absolute atomic E-state index is 0.346. The third-order valence-electron chi connectivity index (χ3n) is 13.6. The third-order valence-corrected chi connectivity index (χ3v) is 13.6. The van der Waals surface area contributed by atoms with Crippen molar-refractivity contribution in [3.63, 3.8) is 0 Å². The number of benzene rings is 7. The Bertz CT molecular complexity index is 4340. The molecule has 0 fully saturated rings. The fraction of sp³-hybridized carbons (Fsp3) is 0.0323. The number of fused-ring (bicyclic) bond motifs is 8. The number of aromatic nitrogens is 4. The average molecular weight is 967 g/mol. The number of imidazole rings is 2. The Morgan fingerprint density at radius 2 is 0.824 bits per heavy atom. The molecule has 15 rings (SSSR count). The average Bonchev–Trinajstić information content (AvgIpc) is 4.29. The van der Waals surface area contributed by atoms with Crippen LogP contribution in [0.25, 0.3) is 123 Å². The lowest BCUT2D eigenvalue weighted by Crippen LogP contribution is -1.95. The first kappa shape index (κ1) is 41.6. The topological polar surface area (TPSA) is 133 Å². The molecular weight excluding hydrogens is 929 g/mol. The first-order valence-electron chi connectivity index (χ1n) is 24.1. The van der Waals surface area contributed by atoms with Crippen molar-refractivity contribution in [2.75, 3.05) is 0 Å². The van der Waals surface area contributed by atoms with Gasteiger partial charge in [0.25, 0.3) is 11.9 Å². The van der Waals surface area contributed by atoms with Gasteiger partial charge in [-0.2, -0.15) is 0 Å². The summed E-state index contributed by atoms with van der Waals surface area (Å²) in [5, 5.41) is 5.63. The molecule has 0 amide bonds. The second kappa shape index (κ2) is 16.2. The molecule has 12 nitrogen and oxygen atoms in total. The van der Waals surface area contributed by atoms with Gasteiger partial charge in [0.2, 0.25) is 0 Å². The lowest BCUT2D eigenvalue weighted by Gasteiger charge is -2.07. The van der Waals surface area contributed by atoms with Crippen molar-refractivity contribution < 1.29 is 36.0 Å². The van der Waals surface area contributed by atoms with Crippen LogP contribution in [0.1, 0.15) is 11.5 Å². The fourth-order valence-corrected chi connectivity index (χ4v) is 10.2. The number of aryl methyl sites for hydroxylation is 2. The maximum Gasteiger partial charge on any atom is 0.291 e. The highest BCUT2D eigenvalue weighted by Gasteiger charge is 2.22. The first-order chi connectivity index (χ1) is 36.4. The summed E-state index contributed by atoms with van der Waals surface area (Å²) in [4.78, 5) is 9.23. The summed E-state index contributed by atoms with van der Waals surface area (Å²) in [5.74, 6) is 6.30. The SMILES string of the molecule is Cc1ccc(-c2nccn2-c2cccc3c2oc2c(-c4cccc(Oc5cc6cc7oc(Oc8cccc(-c9cccc%10c9oc9c(-n%11ccnc%11-c%11ccc(C)o%11)cccc9%10)c8)cc7cc6o5)c4)cccc23)o1. The lowest BCUT2D eigenvalue weighted by molar-refractivity contribution is 0.360. The fourth-order valence-electron chi connectivity index (χ4n) is 10.2. The van der Waals surface area contributed by atoms with E-state index in [1.54, 1.807) is 12.4 Å². The molecule has 74 heavy (non-hydrogen) atoms. The number of furan rings is 6. The summed E-state index contributed by atoms with van der Waals surface area (Å²) < 4.78 is 54.7. The van der Waals surface area contributed by atoms with Crippen molar-refractivity contribution >= 4 is 65.8 Å². The van der Waals surface area contributed by atoms with E-state index in [1.807, 2.05) is 169 Å². The summed E-state index contributed by atoms with van der Waals surface area (Å²) >= 11 is 0. The predicted octanol–water partition coefficient (Wildman–Crippen LogP) is 17.4. The van der Waals surface area contributed by atoms with Crippen LogP contribution in [0.3, 0.4) is 0 Å². The summed E-state index contributed by atoms with van der Waals surface area (Å²) in [6.45, 7) is 3.84. The second-order valence-electron chi connectivity index (χ2n) is 18.3. The highest BCUT2D eigenvalue weighted by Crippen LogP contribution is 2.43. The second-order valence-corrected chi connectivity index (χ2v) is 18.3. The molecule has 354 valence electrons. The van der Waals surface area contributed by atoms with E-state index in [0.29, 0.717) is 57.7 Å².